The molecule has 0 N–H and O–H groups in total. The van der Waals surface area contributed by atoms with Crippen LogP contribution >= 0.6 is 0 Å². The zero-order chi connectivity index (χ0) is 75.0. The summed E-state index contributed by atoms with van der Waals surface area (Å²) in [5.41, 5.74) is 22.3. The van der Waals surface area contributed by atoms with E-state index in [1.807, 2.05) is 0 Å². The van der Waals surface area contributed by atoms with Crippen molar-refractivity contribution in [1.29, 1.82) is 0 Å². The van der Waals surface area contributed by atoms with Gasteiger partial charge in [0.1, 0.15) is 0 Å². The Morgan fingerprint density at radius 2 is 0.250 bits per heavy atom. The highest BCUT2D eigenvalue weighted by Gasteiger charge is 2.26. The molecule has 0 amide bonds. The van der Waals surface area contributed by atoms with Gasteiger partial charge in [-0.25, -0.2) is 0 Å². The molecule has 0 saturated heterocycles. The van der Waals surface area contributed by atoms with Crippen molar-refractivity contribution >= 4 is 33.1 Å². The Kier molecular flexibility index (Phi) is 36.6. The Hall–Kier alpha value is -7.44. The van der Waals surface area contributed by atoms with E-state index >= 15 is 0 Å². The largest absolute Gasteiger partial charge is 0.312 e. The average Bonchev–Trinajstić information content (AvgIpc) is 0.692. The molecule has 0 fully saturated rings. The second-order valence-electron chi connectivity index (χ2n) is 32.4. The lowest BCUT2D eigenvalue weighted by Gasteiger charge is -2.28. The van der Waals surface area contributed by atoms with Crippen LogP contribution in [-0.4, -0.2) is 27.4 Å². The van der Waals surface area contributed by atoms with Crippen molar-refractivity contribution in [2.24, 2.45) is 0 Å². The number of nitrogens with zero attached hydrogens (tertiary/aromatic N) is 6. The summed E-state index contributed by atoms with van der Waals surface area (Å²) in [6.07, 6.45) is 76.0. The SMILES string of the molecule is CCCCCCCCCc1ccc(-n2ccn(-c3ccc(CCCCCCCCC)cc3)c3c2c2c(c4c3n(-c3ccc(CCCCCCCCC)cc3)ccn4-c3ccc(CCCCCCCCC)cc3)n(-c3ccc(CCCCCCCCC)cc3)ccn2-c2ccc(CCCCCCCCC)cc2)cc1. The fourth-order valence-corrected chi connectivity index (χ4v) is 16.8. The Bertz CT molecular complexity index is 3420. The molecule has 3 aromatic heterocycles. The monoisotopic (exact) mass is 1450 g/mol. The molecule has 0 saturated carbocycles. The van der Waals surface area contributed by atoms with Crippen molar-refractivity contribution in [2.75, 3.05) is 0 Å². The Labute approximate surface area is 656 Å². The Morgan fingerprint density at radius 3 is 0.370 bits per heavy atom. The Balaban J connectivity index is 1.24. The highest BCUT2D eigenvalue weighted by atomic mass is 15.1. The molecule has 10 aromatic rings. The van der Waals surface area contributed by atoms with Crippen LogP contribution in [0.15, 0.2) is 183 Å². The number of benzene rings is 7. The third kappa shape index (κ3) is 25.0. The average molecular weight is 1450 g/mol. The van der Waals surface area contributed by atoms with Gasteiger partial charge in [-0.3, -0.25) is 0 Å². The molecule has 108 heavy (non-hydrogen) atoms. The second kappa shape index (κ2) is 47.6. The number of unbranched alkanes of at least 4 members (excludes halogenated alkanes) is 36. The first-order valence-corrected chi connectivity index (χ1v) is 45.0. The molecule has 0 atom stereocenters. The minimum absolute atomic E-state index is 1.10. The molecule has 0 radical (unpaired) electrons. The van der Waals surface area contributed by atoms with Crippen LogP contribution < -0.4 is 0 Å². The van der Waals surface area contributed by atoms with Crippen LogP contribution in [0.3, 0.4) is 0 Å². The summed E-state index contributed by atoms with van der Waals surface area (Å²) in [7, 11) is 0. The molecule has 0 aliphatic heterocycles. The summed E-state index contributed by atoms with van der Waals surface area (Å²) in [6, 6.07) is 58.3. The fraction of sp³-hybridized carbons (Fsp3) is 0.529. The highest BCUT2D eigenvalue weighted by molar-refractivity contribution is 6.21. The normalized spacial score (nSPS) is 11.7. The summed E-state index contributed by atoms with van der Waals surface area (Å²) in [6.45, 7) is 13.9. The van der Waals surface area contributed by atoms with Crippen molar-refractivity contribution in [3.8, 4) is 34.1 Å². The molecule has 10 rings (SSSR count). The van der Waals surface area contributed by atoms with Crippen LogP contribution in [0, 0.1) is 0 Å². The molecule has 0 spiro atoms. The Morgan fingerprint density at radius 1 is 0.139 bits per heavy atom. The third-order valence-corrected chi connectivity index (χ3v) is 23.6. The summed E-state index contributed by atoms with van der Waals surface area (Å²) >= 11 is 0. The van der Waals surface area contributed by atoms with E-state index < -0.39 is 0 Å². The van der Waals surface area contributed by atoms with Gasteiger partial charge < -0.3 is 27.4 Å². The number of rotatable bonds is 54. The van der Waals surface area contributed by atoms with Gasteiger partial charge in [-0.05, 0) is 183 Å². The maximum Gasteiger partial charge on any atom is 0.0987 e. The van der Waals surface area contributed by atoms with E-state index in [9.17, 15) is 0 Å². The molecule has 3 heterocycles. The van der Waals surface area contributed by atoms with Crippen molar-refractivity contribution in [2.45, 2.75) is 350 Å². The minimum atomic E-state index is 1.10. The standard InChI is InChI=1S/C102H144N6/c1-7-13-19-25-31-37-43-49-85-55-67-91(68-56-85)103-79-80-104(92-69-57-86(58-70-92)50-44-38-32-26-20-14-8-2)98-97(103)99-101(106(94-73-61-88(62-74-94)52-46-40-34-28-22-16-10-4)82-81-105(99)93-71-59-87(60-72-93)51-45-39-33-27-21-15-9-3)102-100(98)107(95-75-63-89(64-76-95)53-47-41-35-29-23-17-11-5)83-84-108(102)96-77-65-90(66-78-96)54-48-42-36-30-24-18-12-6/h55-84H,7-54H2,1-6H3. The summed E-state index contributed by atoms with van der Waals surface area (Å²) in [5.74, 6) is 0. The van der Waals surface area contributed by atoms with Gasteiger partial charge in [0.25, 0.3) is 0 Å². The molecule has 6 heteroatoms. The molecule has 0 bridgehead atoms. The first kappa shape index (κ1) is 83.0. The lowest BCUT2D eigenvalue weighted by Crippen LogP contribution is -2.16. The van der Waals surface area contributed by atoms with Gasteiger partial charge in [0.2, 0.25) is 0 Å². The molecule has 582 valence electrons. The van der Waals surface area contributed by atoms with Crippen LogP contribution in [0.5, 0.6) is 0 Å². The first-order valence-electron chi connectivity index (χ1n) is 45.0. The van der Waals surface area contributed by atoms with Crippen molar-refractivity contribution in [1.82, 2.24) is 27.4 Å². The van der Waals surface area contributed by atoms with E-state index in [0.717, 1.165) is 106 Å². The second-order valence-corrected chi connectivity index (χ2v) is 32.4. The zero-order valence-corrected chi connectivity index (χ0v) is 68.9. The van der Waals surface area contributed by atoms with E-state index in [4.69, 9.17) is 0 Å². The van der Waals surface area contributed by atoms with E-state index in [1.54, 1.807) is 0 Å². The van der Waals surface area contributed by atoms with Crippen LogP contribution in [0.4, 0.5) is 0 Å². The molecule has 6 nitrogen and oxygen atoms in total. The maximum atomic E-state index is 2.56. The molecule has 0 unspecified atom stereocenters. The predicted molar refractivity (Wildman–Crippen MR) is 472 cm³/mol. The van der Waals surface area contributed by atoms with E-state index in [1.165, 1.54) is 303 Å². The van der Waals surface area contributed by atoms with Gasteiger partial charge in [0, 0.05) is 71.3 Å². The number of aromatic nitrogens is 6. The van der Waals surface area contributed by atoms with Crippen LogP contribution in [0.1, 0.15) is 345 Å². The van der Waals surface area contributed by atoms with Crippen molar-refractivity contribution in [3.63, 3.8) is 0 Å². The van der Waals surface area contributed by atoms with Gasteiger partial charge >= 0.3 is 0 Å². The number of aryl methyl sites for hydroxylation is 6. The van der Waals surface area contributed by atoms with Gasteiger partial charge in [0.15, 0.2) is 0 Å². The minimum Gasteiger partial charge on any atom is -0.312 e. The quantitative estimate of drug-likeness (QED) is 0.0269. The predicted octanol–water partition coefficient (Wildman–Crippen LogP) is 31.3. The summed E-state index contributed by atoms with van der Waals surface area (Å²) in [4.78, 5) is 0. The lowest BCUT2D eigenvalue weighted by atomic mass is 10.0. The van der Waals surface area contributed by atoms with E-state index in [0.29, 0.717) is 0 Å². The van der Waals surface area contributed by atoms with Crippen LogP contribution in [-0.2, 0) is 38.5 Å². The topological polar surface area (TPSA) is 29.6 Å². The molecule has 0 aliphatic carbocycles. The van der Waals surface area contributed by atoms with Crippen LogP contribution in [0.25, 0.3) is 67.2 Å². The smallest absolute Gasteiger partial charge is 0.0987 e. The van der Waals surface area contributed by atoms with Crippen molar-refractivity contribution < 1.29 is 0 Å². The van der Waals surface area contributed by atoms with Gasteiger partial charge in [-0.2, -0.15) is 0 Å². The van der Waals surface area contributed by atoms with E-state index in [-0.39, 0.29) is 0 Å². The molecular weight excluding hydrogens is 1310 g/mol. The molecule has 0 aliphatic rings. The number of hydrogen-bond acceptors (Lipinski definition) is 0. The summed E-state index contributed by atoms with van der Waals surface area (Å²) in [5, 5.41) is 0. The maximum absolute atomic E-state index is 2.56. The molecular formula is C102H144N6. The van der Waals surface area contributed by atoms with Crippen LogP contribution in [0.2, 0.25) is 0 Å². The highest BCUT2D eigenvalue weighted by Crippen LogP contribution is 2.42. The summed E-state index contributed by atoms with van der Waals surface area (Å²) < 4.78 is 15.4. The molecule has 7 aromatic carbocycles. The van der Waals surface area contributed by atoms with Gasteiger partial charge in [-0.1, -0.05) is 345 Å². The van der Waals surface area contributed by atoms with Crippen molar-refractivity contribution in [3.05, 3.63) is 216 Å². The van der Waals surface area contributed by atoms with Gasteiger partial charge in [-0.15, -0.1) is 0 Å². The van der Waals surface area contributed by atoms with E-state index in [2.05, 4.69) is 252 Å². The zero-order valence-electron chi connectivity index (χ0n) is 68.9. The lowest BCUT2D eigenvalue weighted by molar-refractivity contribution is 0.589. The van der Waals surface area contributed by atoms with Gasteiger partial charge in [0.05, 0.1) is 33.1 Å². The number of fused-ring (bicyclic) bond motifs is 6. The fourth-order valence-electron chi connectivity index (χ4n) is 16.8. The first-order chi connectivity index (χ1) is 53.4. The third-order valence-electron chi connectivity index (χ3n) is 23.6. The number of hydrogen-bond donors (Lipinski definition) is 0.